The van der Waals surface area contributed by atoms with E-state index in [1.807, 2.05) is 18.5 Å². The molecule has 0 unspecified atom stereocenters. The number of nitrogens with zero attached hydrogens (tertiary/aromatic N) is 2. The molecule has 0 aliphatic heterocycles. The monoisotopic (exact) mass is 442 g/mol. The highest BCUT2D eigenvalue weighted by molar-refractivity contribution is 6.32. The maximum Gasteiger partial charge on any atom is 0.310 e. The number of halogens is 1. The normalized spacial score (nSPS) is 18.7. The Morgan fingerprint density at radius 3 is 2.32 bits per heavy atom. The first-order valence-corrected chi connectivity index (χ1v) is 12.3. The first-order valence-electron chi connectivity index (χ1n) is 11.9. The molecule has 4 nitrogen and oxygen atoms in total. The van der Waals surface area contributed by atoms with Crippen LogP contribution in [-0.2, 0) is 11.2 Å². The molecule has 0 amide bonds. The number of carbonyl (C=O) groups excluding carboxylic acids is 1. The van der Waals surface area contributed by atoms with E-state index in [0.717, 1.165) is 23.8 Å². The zero-order valence-electron chi connectivity index (χ0n) is 18.9. The van der Waals surface area contributed by atoms with E-state index in [-0.39, 0.29) is 5.97 Å². The molecular formula is C26H35ClN2O2. The number of hydrogen-bond donors (Lipinski definition) is 0. The van der Waals surface area contributed by atoms with Gasteiger partial charge < -0.3 is 4.74 Å². The molecule has 0 bridgehead atoms. The zero-order chi connectivity index (χ0) is 22.1. The van der Waals surface area contributed by atoms with Crippen LogP contribution in [0.4, 0.5) is 0 Å². The number of hydrogen-bond acceptors (Lipinski definition) is 4. The van der Waals surface area contributed by atoms with E-state index in [1.54, 1.807) is 19.1 Å². The minimum absolute atomic E-state index is 0.305. The lowest BCUT2D eigenvalue weighted by Crippen LogP contribution is -2.15. The largest absolute Gasteiger partial charge is 0.425 e. The Balaban J connectivity index is 1.47. The standard InChI is InChI=1S/C26H35ClN2O2/c1-3-5-6-7-19-8-10-20(11-9-19)12-13-21-17-28-26(29-18-21)22-14-15-24(23(27)16-22)31-25(30)4-2/h14-20H,3-13H2,1-2H3. The second kappa shape index (κ2) is 12.2. The topological polar surface area (TPSA) is 52.1 Å². The Morgan fingerprint density at radius 1 is 1.03 bits per heavy atom. The fourth-order valence-electron chi connectivity index (χ4n) is 4.41. The van der Waals surface area contributed by atoms with Gasteiger partial charge >= 0.3 is 5.97 Å². The Kier molecular flexibility index (Phi) is 9.32. The Labute approximate surface area is 191 Å². The Morgan fingerprint density at radius 2 is 1.71 bits per heavy atom. The highest BCUT2D eigenvalue weighted by Crippen LogP contribution is 2.34. The number of esters is 1. The van der Waals surface area contributed by atoms with E-state index in [4.69, 9.17) is 16.3 Å². The van der Waals surface area contributed by atoms with Gasteiger partial charge in [-0.05, 0) is 48.4 Å². The van der Waals surface area contributed by atoms with E-state index < -0.39 is 0 Å². The van der Waals surface area contributed by atoms with Crippen LogP contribution in [0.25, 0.3) is 11.4 Å². The summed E-state index contributed by atoms with van der Waals surface area (Å²) in [5.41, 5.74) is 2.00. The van der Waals surface area contributed by atoms with Crippen LogP contribution in [0, 0.1) is 11.8 Å². The van der Waals surface area contributed by atoms with E-state index >= 15 is 0 Å². The van der Waals surface area contributed by atoms with Crippen LogP contribution in [-0.4, -0.2) is 15.9 Å². The highest BCUT2D eigenvalue weighted by atomic mass is 35.5. The summed E-state index contributed by atoms with van der Waals surface area (Å²) in [5, 5.41) is 0.386. The minimum Gasteiger partial charge on any atom is -0.425 e. The number of unbranched alkanes of at least 4 members (excludes halogenated alkanes) is 2. The molecule has 1 heterocycles. The Hall–Kier alpha value is -1.94. The van der Waals surface area contributed by atoms with Gasteiger partial charge in [0, 0.05) is 24.4 Å². The number of aryl methyl sites for hydroxylation is 1. The SMILES string of the molecule is CCCCCC1CCC(CCc2cnc(-c3ccc(OC(=O)CC)c(Cl)c3)nc2)CC1. The fourth-order valence-corrected chi connectivity index (χ4v) is 4.63. The average Bonchev–Trinajstić information content (AvgIpc) is 2.80. The molecule has 1 aromatic heterocycles. The molecule has 0 spiro atoms. The van der Waals surface area contributed by atoms with Gasteiger partial charge in [-0.2, -0.15) is 0 Å². The quantitative estimate of drug-likeness (QED) is 0.218. The second-order valence-corrected chi connectivity index (χ2v) is 9.22. The van der Waals surface area contributed by atoms with Crippen LogP contribution >= 0.6 is 11.6 Å². The van der Waals surface area contributed by atoms with Crippen LogP contribution in [0.1, 0.15) is 83.6 Å². The lowest BCUT2D eigenvalue weighted by molar-refractivity contribution is -0.134. The van der Waals surface area contributed by atoms with Crippen molar-refractivity contribution in [1.29, 1.82) is 0 Å². The first kappa shape index (κ1) is 23.7. The third-order valence-electron chi connectivity index (χ3n) is 6.43. The summed E-state index contributed by atoms with van der Waals surface area (Å²) in [6, 6.07) is 5.27. The van der Waals surface area contributed by atoms with E-state index in [2.05, 4.69) is 16.9 Å². The van der Waals surface area contributed by atoms with Crippen molar-refractivity contribution in [2.24, 2.45) is 11.8 Å². The van der Waals surface area contributed by atoms with Gasteiger partial charge in [-0.15, -0.1) is 0 Å². The number of rotatable bonds is 10. The van der Waals surface area contributed by atoms with Gasteiger partial charge in [-0.25, -0.2) is 9.97 Å². The van der Waals surface area contributed by atoms with Gasteiger partial charge in [0.25, 0.3) is 0 Å². The van der Waals surface area contributed by atoms with Gasteiger partial charge in [0.1, 0.15) is 5.75 Å². The van der Waals surface area contributed by atoms with Crippen molar-refractivity contribution in [3.63, 3.8) is 0 Å². The van der Waals surface area contributed by atoms with Crippen LogP contribution in [0.3, 0.4) is 0 Å². The maximum absolute atomic E-state index is 11.5. The summed E-state index contributed by atoms with van der Waals surface area (Å²) >= 11 is 6.26. The van der Waals surface area contributed by atoms with Crippen molar-refractivity contribution >= 4 is 17.6 Å². The minimum atomic E-state index is -0.305. The highest BCUT2D eigenvalue weighted by Gasteiger charge is 2.20. The second-order valence-electron chi connectivity index (χ2n) is 8.81. The molecule has 1 saturated carbocycles. The van der Waals surface area contributed by atoms with E-state index in [1.165, 1.54) is 63.4 Å². The Bertz CT molecular complexity index is 830. The van der Waals surface area contributed by atoms with Crippen molar-refractivity contribution in [3.8, 4) is 17.1 Å². The molecule has 0 N–H and O–H groups in total. The van der Waals surface area contributed by atoms with Crippen molar-refractivity contribution in [2.45, 2.75) is 84.5 Å². The predicted molar refractivity (Wildman–Crippen MR) is 126 cm³/mol. The van der Waals surface area contributed by atoms with Crippen LogP contribution in [0.2, 0.25) is 5.02 Å². The van der Waals surface area contributed by atoms with Gasteiger partial charge in [0.15, 0.2) is 5.82 Å². The molecule has 0 atom stereocenters. The molecule has 0 saturated heterocycles. The molecule has 1 fully saturated rings. The van der Waals surface area contributed by atoms with Crippen LogP contribution < -0.4 is 4.74 Å². The number of carbonyl (C=O) groups is 1. The van der Waals surface area contributed by atoms with Crippen molar-refractivity contribution in [1.82, 2.24) is 9.97 Å². The van der Waals surface area contributed by atoms with Gasteiger partial charge in [-0.3, -0.25) is 4.79 Å². The summed E-state index contributed by atoms with van der Waals surface area (Å²) in [6.07, 6.45) is 17.6. The number of aromatic nitrogens is 2. The third-order valence-corrected chi connectivity index (χ3v) is 6.73. The van der Waals surface area contributed by atoms with Gasteiger partial charge in [0.2, 0.25) is 0 Å². The summed E-state index contributed by atoms with van der Waals surface area (Å²) in [7, 11) is 0. The van der Waals surface area contributed by atoms with E-state index in [9.17, 15) is 4.79 Å². The lowest BCUT2D eigenvalue weighted by atomic mass is 9.78. The maximum atomic E-state index is 11.5. The summed E-state index contributed by atoms with van der Waals surface area (Å²) < 4.78 is 5.21. The molecule has 168 valence electrons. The van der Waals surface area contributed by atoms with E-state index in [0.29, 0.717) is 23.0 Å². The summed E-state index contributed by atoms with van der Waals surface area (Å²) in [5.74, 6) is 2.51. The van der Waals surface area contributed by atoms with Crippen molar-refractivity contribution in [3.05, 3.63) is 41.2 Å². The number of benzene rings is 1. The van der Waals surface area contributed by atoms with Crippen molar-refractivity contribution in [2.75, 3.05) is 0 Å². The molecule has 1 aliphatic carbocycles. The van der Waals surface area contributed by atoms with Gasteiger partial charge in [-0.1, -0.05) is 76.8 Å². The zero-order valence-corrected chi connectivity index (χ0v) is 19.7. The van der Waals surface area contributed by atoms with Crippen LogP contribution in [0.5, 0.6) is 5.75 Å². The first-order chi connectivity index (χ1) is 15.1. The third kappa shape index (κ3) is 7.31. The average molecular weight is 443 g/mol. The molecule has 31 heavy (non-hydrogen) atoms. The lowest BCUT2D eigenvalue weighted by Gasteiger charge is -2.28. The molecule has 1 aliphatic rings. The molecular weight excluding hydrogens is 408 g/mol. The smallest absolute Gasteiger partial charge is 0.310 e. The molecule has 5 heteroatoms. The van der Waals surface area contributed by atoms with Gasteiger partial charge in [0.05, 0.1) is 5.02 Å². The molecule has 1 aromatic carbocycles. The van der Waals surface area contributed by atoms with Crippen LogP contribution in [0.15, 0.2) is 30.6 Å². The number of ether oxygens (including phenoxy) is 1. The fraction of sp³-hybridized carbons (Fsp3) is 0.577. The van der Waals surface area contributed by atoms with Crippen molar-refractivity contribution < 1.29 is 9.53 Å². The summed E-state index contributed by atoms with van der Waals surface area (Å²) in [4.78, 5) is 20.5. The summed E-state index contributed by atoms with van der Waals surface area (Å²) in [6.45, 7) is 4.03. The molecule has 0 radical (unpaired) electrons. The molecule has 3 rings (SSSR count). The molecule has 2 aromatic rings. The predicted octanol–water partition coefficient (Wildman–Crippen LogP) is 7.43.